The van der Waals surface area contributed by atoms with E-state index in [4.69, 9.17) is 37.6 Å². The SMILES string of the molecule is Cl.N#Cc1c(N)nc(SCc2csc(-c3ccc(Cl)cc3)n2)c(C#N)c1-c1ccc(OCCOC(=O)[C@@H](N)CO)cc1. The molecule has 42 heavy (non-hydrogen) atoms. The maximum atomic E-state index is 11.5. The molecule has 10 nitrogen and oxygen atoms in total. The van der Waals surface area contributed by atoms with E-state index in [1.54, 1.807) is 24.3 Å². The third-order valence-electron chi connectivity index (χ3n) is 5.65. The summed E-state index contributed by atoms with van der Waals surface area (Å²) >= 11 is 8.79. The Hall–Kier alpha value is -3.88. The minimum atomic E-state index is -1.10. The zero-order valence-electron chi connectivity index (χ0n) is 21.8. The first-order valence-electron chi connectivity index (χ1n) is 12.1. The lowest BCUT2D eigenvalue weighted by Gasteiger charge is -2.14. The maximum absolute atomic E-state index is 11.5. The number of ether oxygens (including phenoxy) is 2. The molecule has 0 fully saturated rings. The number of nitrogen functional groups attached to an aromatic ring is 1. The van der Waals surface area contributed by atoms with Gasteiger partial charge in [0.05, 0.1) is 17.9 Å². The van der Waals surface area contributed by atoms with Gasteiger partial charge in [-0.3, -0.25) is 4.79 Å². The van der Waals surface area contributed by atoms with Crippen molar-refractivity contribution in [3.8, 4) is 39.6 Å². The second-order valence-corrected chi connectivity index (χ2v) is 10.7. The highest BCUT2D eigenvalue weighted by molar-refractivity contribution is 7.98. The molecular formula is C28H24Cl2N6O4S2. The van der Waals surface area contributed by atoms with Crippen LogP contribution in [0.2, 0.25) is 5.02 Å². The van der Waals surface area contributed by atoms with Gasteiger partial charge >= 0.3 is 5.97 Å². The molecule has 0 bridgehead atoms. The van der Waals surface area contributed by atoms with E-state index >= 15 is 0 Å². The van der Waals surface area contributed by atoms with Gasteiger partial charge in [0.2, 0.25) is 0 Å². The highest BCUT2D eigenvalue weighted by atomic mass is 35.5. The van der Waals surface area contributed by atoms with Gasteiger partial charge in [-0.15, -0.1) is 23.7 Å². The van der Waals surface area contributed by atoms with E-state index in [0.29, 0.717) is 32.7 Å². The highest BCUT2D eigenvalue weighted by Gasteiger charge is 2.21. The number of aliphatic hydroxyl groups excluding tert-OH is 1. The molecule has 2 heterocycles. The molecule has 0 aliphatic heterocycles. The van der Waals surface area contributed by atoms with Crippen molar-refractivity contribution in [1.82, 2.24) is 9.97 Å². The van der Waals surface area contributed by atoms with Crippen molar-refractivity contribution >= 4 is 58.9 Å². The molecule has 0 spiro atoms. The van der Waals surface area contributed by atoms with Crippen LogP contribution in [0.15, 0.2) is 58.9 Å². The van der Waals surface area contributed by atoms with E-state index in [9.17, 15) is 15.3 Å². The van der Waals surface area contributed by atoms with E-state index < -0.39 is 18.6 Å². The van der Waals surface area contributed by atoms with Crippen molar-refractivity contribution in [3.63, 3.8) is 0 Å². The second kappa shape index (κ2) is 15.4. The Bertz CT molecular complexity index is 1620. The summed E-state index contributed by atoms with van der Waals surface area (Å²) in [4.78, 5) is 20.6. The summed E-state index contributed by atoms with van der Waals surface area (Å²) in [6.45, 7) is -0.491. The number of thioether (sulfide) groups is 1. The number of aromatic nitrogens is 2. The van der Waals surface area contributed by atoms with Crippen molar-refractivity contribution in [1.29, 1.82) is 10.5 Å². The van der Waals surface area contributed by atoms with Crippen molar-refractivity contribution < 1.29 is 19.4 Å². The van der Waals surface area contributed by atoms with Gasteiger partial charge in [-0.2, -0.15) is 10.5 Å². The van der Waals surface area contributed by atoms with Gasteiger partial charge in [0.25, 0.3) is 0 Å². The van der Waals surface area contributed by atoms with Gasteiger partial charge in [0.1, 0.15) is 58.6 Å². The number of anilines is 1. The fourth-order valence-corrected chi connectivity index (χ4v) is 5.58. The van der Waals surface area contributed by atoms with Gasteiger partial charge in [0, 0.05) is 27.3 Å². The van der Waals surface area contributed by atoms with Crippen molar-refractivity contribution in [2.45, 2.75) is 16.8 Å². The largest absolute Gasteiger partial charge is 0.490 e. The predicted molar refractivity (Wildman–Crippen MR) is 164 cm³/mol. The van der Waals surface area contributed by atoms with Gasteiger partial charge < -0.3 is 26.0 Å². The number of nitrogens with two attached hydrogens (primary N) is 2. The third-order valence-corrected chi connectivity index (χ3v) is 7.86. The first kappa shape index (κ1) is 32.6. The molecule has 0 unspecified atom stereocenters. The fraction of sp³-hybridized carbons (Fsp3) is 0.179. The minimum Gasteiger partial charge on any atom is -0.490 e. The molecule has 0 aliphatic rings. The summed E-state index contributed by atoms with van der Waals surface area (Å²) < 4.78 is 10.5. The van der Waals surface area contributed by atoms with Crippen molar-refractivity contribution in [2.75, 3.05) is 25.6 Å². The van der Waals surface area contributed by atoms with E-state index in [-0.39, 0.29) is 42.6 Å². The van der Waals surface area contributed by atoms with Crippen LogP contribution >= 0.6 is 47.1 Å². The number of nitrogens with zero attached hydrogens (tertiary/aromatic N) is 4. The molecule has 2 aromatic carbocycles. The number of carbonyl (C=O) groups excluding carboxylic acids is 1. The molecule has 216 valence electrons. The van der Waals surface area contributed by atoms with E-state index in [1.165, 1.54) is 23.1 Å². The first-order valence-corrected chi connectivity index (χ1v) is 14.3. The van der Waals surface area contributed by atoms with Gasteiger partial charge in [-0.05, 0) is 29.8 Å². The number of nitriles is 2. The first-order chi connectivity index (χ1) is 19.8. The highest BCUT2D eigenvalue weighted by Crippen LogP contribution is 2.37. The van der Waals surface area contributed by atoms with Crippen LogP contribution in [0, 0.1) is 22.7 Å². The number of hydrogen-bond acceptors (Lipinski definition) is 12. The van der Waals surface area contributed by atoms with Crippen LogP contribution in [-0.4, -0.2) is 46.9 Å². The lowest BCUT2D eigenvalue weighted by atomic mass is 9.97. The molecule has 2 aromatic heterocycles. The molecule has 0 amide bonds. The van der Waals surface area contributed by atoms with Crippen LogP contribution in [0.4, 0.5) is 5.82 Å². The van der Waals surface area contributed by atoms with Crippen molar-refractivity contribution in [3.05, 3.63) is 75.8 Å². The number of aliphatic hydroxyl groups is 1. The van der Waals surface area contributed by atoms with Crippen LogP contribution in [0.25, 0.3) is 21.7 Å². The van der Waals surface area contributed by atoms with Crippen molar-refractivity contribution in [2.24, 2.45) is 5.73 Å². The number of rotatable bonds is 11. The Morgan fingerprint density at radius 1 is 1.05 bits per heavy atom. The molecule has 0 saturated heterocycles. The molecule has 0 aliphatic carbocycles. The van der Waals surface area contributed by atoms with Crippen LogP contribution in [0.5, 0.6) is 5.75 Å². The molecule has 4 rings (SSSR count). The molecule has 1 atom stereocenters. The van der Waals surface area contributed by atoms with Crippen LogP contribution < -0.4 is 16.2 Å². The number of halogens is 2. The smallest absolute Gasteiger partial charge is 0.325 e. The molecule has 5 N–H and O–H groups in total. The summed E-state index contributed by atoms with van der Waals surface area (Å²) in [6, 6.07) is 17.3. The topological polar surface area (TPSA) is 181 Å². The molecule has 14 heteroatoms. The van der Waals surface area contributed by atoms with Crippen LogP contribution in [0.1, 0.15) is 16.8 Å². The average molecular weight is 644 g/mol. The number of hydrogen-bond donors (Lipinski definition) is 3. The van der Waals surface area contributed by atoms with Gasteiger partial charge in [0.15, 0.2) is 0 Å². The molecular weight excluding hydrogens is 619 g/mol. The summed E-state index contributed by atoms with van der Waals surface area (Å²) in [5.41, 5.74) is 14.6. The number of benzene rings is 2. The minimum absolute atomic E-state index is 0. The molecule has 4 aromatic rings. The summed E-state index contributed by atoms with van der Waals surface area (Å²) in [6.07, 6.45) is 0. The standard InChI is InChI=1S/C28H23ClN6O4S2.ClH/c29-18-5-1-17(2-6-18)26-34-19(14-40-26)15-41-27-22(12-31)24(21(11-30)25(33)35-27)16-3-7-20(8-4-16)38-9-10-39-28(37)23(32)13-36;/h1-8,14,23,36H,9-10,13,15,32H2,(H2,33,35);1H/t23-;/m0./s1. The average Bonchev–Trinajstić information content (AvgIpc) is 3.47. The normalized spacial score (nSPS) is 11.1. The summed E-state index contributed by atoms with van der Waals surface area (Å²) in [5, 5.41) is 32.6. The fourth-order valence-electron chi connectivity index (χ4n) is 3.63. The zero-order valence-corrected chi connectivity index (χ0v) is 25.0. The number of esters is 1. The van der Waals surface area contributed by atoms with E-state index in [0.717, 1.165) is 16.3 Å². The Balaban J connectivity index is 0.00000484. The summed E-state index contributed by atoms with van der Waals surface area (Å²) in [5.74, 6) is 0.217. The van der Waals surface area contributed by atoms with Gasteiger partial charge in [-0.1, -0.05) is 47.6 Å². The quantitative estimate of drug-likeness (QED) is 0.116. The van der Waals surface area contributed by atoms with Gasteiger partial charge in [-0.25, -0.2) is 9.97 Å². The number of pyridine rings is 1. The Morgan fingerprint density at radius 3 is 2.36 bits per heavy atom. The molecule has 0 saturated carbocycles. The summed E-state index contributed by atoms with van der Waals surface area (Å²) in [7, 11) is 0. The Kier molecular flexibility index (Phi) is 11.9. The number of carbonyl (C=O) groups is 1. The van der Waals surface area contributed by atoms with E-state index in [1.807, 2.05) is 29.6 Å². The lowest BCUT2D eigenvalue weighted by Crippen LogP contribution is -2.36. The third kappa shape index (κ3) is 7.89. The number of thiazole rings is 1. The van der Waals surface area contributed by atoms with E-state index in [2.05, 4.69) is 22.1 Å². The van der Waals surface area contributed by atoms with Crippen LogP contribution in [0.3, 0.4) is 0 Å². The zero-order chi connectivity index (χ0) is 29.4. The maximum Gasteiger partial charge on any atom is 0.325 e. The monoisotopic (exact) mass is 642 g/mol. The molecule has 0 radical (unpaired) electrons. The second-order valence-electron chi connectivity index (χ2n) is 8.42. The van der Waals surface area contributed by atoms with Crippen LogP contribution in [-0.2, 0) is 15.3 Å². The lowest BCUT2D eigenvalue weighted by molar-refractivity contribution is -0.146. The Morgan fingerprint density at radius 2 is 1.71 bits per heavy atom. The Labute approximate surface area is 261 Å². The predicted octanol–water partition coefficient (Wildman–Crippen LogP) is 4.81.